The van der Waals surface area contributed by atoms with Crippen molar-refractivity contribution in [1.29, 1.82) is 0 Å². The molecule has 0 saturated heterocycles. The summed E-state index contributed by atoms with van der Waals surface area (Å²) in [5.41, 5.74) is 0. The molecule has 0 aromatic heterocycles. The van der Waals surface area contributed by atoms with E-state index in [1.807, 2.05) is 0 Å². The maximum Gasteiger partial charge on any atom is 0.469 e. The fourth-order valence-electron chi connectivity index (χ4n) is 0.919. The number of hydrogen-bond acceptors (Lipinski definition) is 4. The summed E-state index contributed by atoms with van der Waals surface area (Å²) in [7, 11) is -4.51. The Morgan fingerprint density at radius 1 is 1.25 bits per heavy atom. The van der Waals surface area contributed by atoms with E-state index >= 15 is 0 Å². The molecule has 0 saturated carbocycles. The van der Waals surface area contributed by atoms with Crippen molar-refractivity contribution in [2.24, 2.45) is 0 Å². The summed E-state index contributed by atoms with van der Waals surface area (Å²) >= 11 is 0. The lowest BCUT2D eigenvalue weighted by Gasteiger charge is -2.05. The van der Waals surface area contributed by atoms with Gasteiger partial charge in [-0.15, -0.1) is 0 Å². The topological polar surface area (TPSA) is 93.1 Å². The predicted molar refractivity (Wildman–Crippen MR) is 54.7 cm³/mol. The molecule has 0 spiro atoms. The highest BCUT2D eigenvalue weighted by atomic mass is 31.2. The number of phosphoric acid groups is 1. The smallest absolute Gasteiger partial charge is 0.426 e. The number of rotatable bonds is 5. The molecule has 1 aromatic rings. The highest BCUT2D eigenvalue weighted by Crippen LogP contribution is 2.35. The molecule has 16 heavy (non-hydrogen) atoms. The van der Waals surface area contributed by atoms with Gasteiger partial charge in [0.1, 0.15) is 5.75 Å². The molecule has 0 amide bonds. The third kappa shape index (κ3) is 5.63. The van der Waals surface area contributed by atoms with E-state index in [0.29, 0.717) is 5.75 Å². The van der Waals surface area contributed by atoms with E-state index in [1.54, 1.807) is 30.3 Å². The van der Waals surface area contributed by atoms with E-state index in [2.05, 4.69) is 4.52 Å². The second kappa shape index (κ2) is 5.77. The van der Waals surface area contributed by atoms with E-state index < -0.39 is 13.8 Å². The Morgan fingerprint density at radius 2 is 1.88 bits per heavy atom. The lowest BCUT2D eigenvalue weighted by atomic mass is 10.3. The monoisotopic (exact) mass is 246 g/mol. The Kier molecular flexibility index (Phi) is 4.64. The summed E-state index contributed by atoms with van der Waals surface area (Å²) < 4.78 is 19.3. The molecule has 1 rings (SSSR count). The zero-order valence-corrected chi connectivity index (χ0v) is 9.17. The first-order chi connectivity index (χ1) is 7.47. The SMILES string of the molecule is O=C(CCOP(=O)(O)O)Oc1ccccc1. The maximum atomic E-state index is 11.1. The van der Waals surface area contributed by atoms with Gasteiger partial charge in [-0.3, -0.25) is 9.32 Å². The molecular weight excluding hydrogens is 235 g/mol. The molecule has 0 aliphatic heterocycles. The lowest BCUT2D eigenvalue weighted by molar-refractivity contribution is -0.134. The van der Waals surface area contributed by atoms with Crippen LogP contribution in [0.4, 0.5) is 0 Å². The van der Waals surface area contributed by atoms with Crippen LogP contribution in [0.3, 0.4) is 0 Å². The highest BCUT2D eigenvalue weighted by molar-refractivity contribution is 7.46. The molecule has 0 atom stereocenters. The second-order valence-corrected chi connectivity index (χ2v) is 4.10. The number of ether oxygens (including phenoxy) is 1. The van der Waals surface area contributed by atoms with Gasteiger partial charge in [-0.25, -0.2) is 4.57 Å². The van der Waals surface area contributed by atoms with Crippen LogP contribution >= 0.6 is 7.82 Å². The van der Waals surface area contributed by atoms with Crippen LogP contribution in [0.25, 0.3) is 0 Å². The van der Waals surface area contributed by atoms with Gasteiger partial charge in [-0.05, 0) is 12.1 Å². The fourth-order valence-corrected chi connectivity index (χ4v) is 1.25. The summed E-state index contributed by atoms with van der Waals surface area (Å²) in [5.74, 6) is -0.233. The number of carbonyl (C=O) groups excluding carboxylic acids is 1. The molecular formula is C9H11O6P. The third-order valence-corrected chi connectivity index (χ3v) is 2.06. The summed E-state index contributed by atoms with van der Waals surface area (Å²) in [4.78, 5) is 27.9. The number of carbonyl (C=O) groups is 1. The summed E-state index contributed by atoms with van der Waals surface area (Å²) in [6.45, 7) is -0.379. The van der Waals surface area contributed by atoms with Crippen LogP contribution in [0.1, 0.15) is 6.42 Å². The molecule has 0 aliphatic rings. The van der Waals surface area contributed by atoms with Gasteiger partial charge >= 0.3 is 13.8 Å². The summed E-state index contributed by atoms with van der Waals surface area (Å²) in [5, 5.41) is 0. The molecule has 0 heterocycles. The largest absolute Gasteiger partial charge is 0.469 e. The van der Waals surface area contributed by atoms with Crippen molar-refractivity contribution in [3.05, 3.63) is 30.3 Å². The number of para-hydroxylation sites is 1. The van der Waals surface area contributed by atoms with Gasteiger partial charge in [-0.1, -0.05) is 18.2 Å². The van der Waals surface area contributed by atoms with Crippen LogP contribution in [0.2, 0.25) is 0 Å². The van der Waals surface area contributed by atoms with Crippen molar-refractivity contribution in [2.75, 3.05) is 6.61 Å². The van der Waals surface area contributed by atoms with Crippen LogP contribution in [-0.2, 0) is 13.9 Å². The molecule has 0 bridgehead atoms. The fraction of sp³-hybridized carbons (Fsp3) is 0.222. The van der Waals surface area contributed by atoms with Crippen LogP contribution in [-0.4, -0.2) is 22.4 Å². The van der Waals surface area contributed by atoms with Crippen molar-refractivity contribution >= 4 is 13.8 Å². The van der Waals surface area contributed by atoms with E-state index in [0.717, 1.165) is 0 Å². The minimum Gasteiger partial charge on any atom is -0.426 e. The quantitative estimate of drug-likeness (QED) is 0.459. The van der Waals surface area contributed by atoms with Crippen LogP contribution < -0.4 is 4.74 Å². The Labute approximate surface area is 92.1 Å². The molecule has 1 aromatic carbocycles. The zero-order chi connectivity index (χ0) is 12.0. The van der Waals surface area contributed by atoms with Crippen molar-refractivity contribution in [3.8, 4) is 5.75 Å². The molecule has 7 heteroatoms. The highest BCUT2D eigenvalue weighted by Gasteiger charge is 2.14. The first-order valence-electron chi connectivity index (χ1n) is 4.43. The minimum atomic E-state index is -4.51. The number of benzene rings is 1. The Bertz CT molecular complexity index is 384. The van der Waals surface area contributed by atoms with Gasteiger partial charge < -0.3 is 14.5 Å². The molecule has 88 valence electrons. The number of phosphoric ester groups is 1. The Morgan fingerprint density at radius 3 is 2.44 bits per heavy atom. The molecule has 0 radical (unpaired) electrons. The van der Waals surface area contributed by atoms with Gasteiger partial charge in [-0.2, -0.15) is 0 Å². The van der Waals surface area contributed by atoms with Crippen molar-refractivity contribution in [3.63, 3.8) is 0 Å². The van der Waals surface area contributed by atoms with Gasteiger partial charge in [0, 0.05) is 0 Å². The van der Waals surface area contributed by atoms with Crippen molar-refractivity contribution < 1.29 is 28.4 Å². The van der Waals surface area contributed by atoms with E-state index in [-0.39, 0.29) is 13.0 Å². The van der Waals surface area contributed by atoms with Crippen molar-refractivity contribution in [1.82, 2.24) is 0 Å². The minimum absolute atomic E-state index is 0.222. The lowest BCUT2D eigenvalue weighted by Crippen LogP contribution is -2.10. The Hall–Kier alpha value is -1.20. The number of hydrogen-bond donors (Lipinski definition) is 2. The third-order valence-electron chi connectivity index (χ3n) is 1.54. The van der Waals surface area contributed by atoms with Gasteiger partial charge in [0.05, 0.1) is 13.0 Å². The standard InChI is InChI=1S/C9H11O6P/c10-9(6-7-14-16(11,12)13)15-8-4-2-1-3-5-8/h1-5H,6-7H2,(H2,11,12,13). The summed E-state index contributed by atoms with van der Waals surface area (Å²) in [6, 6.07) is 8.38. The molecule has 6 nitrogen and oxygen atoms in total. The second-order valence-electron chi connectivity index (χ2n) is 2.86. The average Bonchev–Trinajstić information content (AvgIpc) is 2.17. The van der Waals surface area contributed by atoms with Crippen molar-refractivity contribution in [2.45, 2.75) is 6.42 Å². The Balaban J connectivity index is 2.30. The normalized spacial score (nSPS) is 11.1. The zero-order valence-electron chi connectivity index (χ0n) is 8.28. The first-order valence-corrected chi connectivity index (χ1v) is 5.96. The summed E-state index contributed by atoms with van der Waals surface area (Å²) in [6.07, 6.45) is -0.222. The number of esters is 1. The van der Waals surface area contributed by atoms with Crippen LogP contribution in [0.15, 0.2) is 30.3 Å². The first kappa shape index (κ1) is 12.9. The van der Waals surface area contributed by atoms with Gasteiger partial charge in [0.2, 0.25) is 0 Å². The molecule has 0 unspecified atom stereocenters. The average molecular weight is 246 g/mol. The predicted octanol–water partition coefficient (Wildman–Crippen LogP) is 1.09. The molecule has 0 aliphatic carbocycles. The van der Waals surface area contributed by atoms with E-state index in [9.17, 15) is 9.36 Å². The molecule has 2 N–H and O–H groups in total. The van der Waals surface area contributed by atoms with Crippen LogP contribution in [0.5, 0.6) is 5.75 Å². The van der Waals surface area contributed by atoms with Gasteiger partial charge in [0.25, 0.3) is 0 Å². The van der Waals surface area contributed by atoms with E-state index in [4.69, 9.17) is 14.5 Å². The van der Waals surface area contributed by atoms with Gasteiger partial charge in [0.15, 0.2) is 0 Å². The van der Waals surface area contributed by atoms with Crippen LogP contribution in [0, 0.1) is 0 Å². The maximum absolute atomic E-state index is 11.1. The molecule has 0 fully saturated rings. The van der Waals surface area contributed by atoms with E-state index in [1.165, 1.54) is 0 Å².